The number of anilines is 1. The molecule has 0 bridgehead atoms. The van der Waals surface area contributed by atoms with E-state index in [1.165, 1.54) is 22.4 Å². The molecule has 1 aliphatic heterocycles. The van der Waals surface area contributed by atoms with Crippen molar-refractivity contribution in [3.05, 3.63) is 42.1 Å². The van der Waals surface area contributed by atoms with Gasteiger partial charge in [0.1, 0.15) is 5.52 Å². The molecule has 3 aliphatic rings. The van der Waals surface area contributed by atoms with Crippen LogP contribution in [0, 0.1) is 0 Å². The van der Waals surface area contributed by atoms with Gasteiger partial charge in [-0.2, -0.15) is 5.10 Å². The fraction of sp³-hybridized carbons (Fsp3) is 0.200. The number of rotatable bonds is 1. The Morgan fingerprint density at radius 1 is 1.21 bits per heavy atom. The number of hydrazine groups is 1. The summed E-state index contributed by atoms with van der Waals surface area (Å²) in [6, 6.07) is 10.6. The summed E-state index contributed by atoms with van der Waals surface area (Å²) >= 11 is 0. The van der Waals surface area contributed by atoms with Crippen molar-refractivity contribution in [3.63, 3.8) is 0 Å². The topological polar surface area (TPSA) is 41.1 Å². The molecule has 2 heterocycles. The minimum absolute atomic E-state index is 0.915. The monoisotopic (exact) mass is 250 g/mol. The van der Waals surface area contributed by atoms with Gasteiger partial charge in [-0.1, -0.05) is 19.1 Å². The number of hydrogen-bond donors (Lipinski definition) is 1. The Labute approximate surface area is 111 Å². The molecule has 94 valence electrons. The van der Waals surface area contributed by atoms with Gasteiger partial charge in [-0.3, -0.25) is 0 Å². The van der Waals surface area contributed by atoms with Crippen LogP contribution >= 0.6 is 0 Å². The molecular formula is C15H14N4. The molecule has 0 saturated carbocycles. The van der Waals surface area contributed by atoms with Crippen LogP contribution in [-0.2, 0) is 6.54 Å². The minimum Gasteiger partial charge on any atom is -0.318 e. The summed E-state index contributed by atoms with van der Waals surface area (Å²) in [7, 11) is 0. The lowest BCUT2D eigenvalue weighted by atomic mass is 10.0. The van der Waals surface area contributed by atoms with Gasteiger partial charge in [0.05, 0.1) is 11.9 Å². The Bertz CT molecular complexity index is 738. The molecule has 0 aromatic carbocycles. The standard InChI is InChI=1S/C15H14N4/c1-2-19-9-11-4-3-10-7-8-16-17-15(10)12-5-6-13(18-19)14(11)12/h3-8,18H,2,9H2,1H3. The molecule has 1 aromatic heterocycles. The van der Waals surface area contributed by atoms with Crippen molar-refractivity contribution in [1.29, 1.82) is 0 Å². The molecule has 0 amide bonds. The summed E-state index contributed by atoms with van der Waals surface area (Å²) in [6.45, 7) is 4.05. The van der Waals surface area contributed by atoms with E-state index in [1.54, 1.807) is 6.20 Å². The zero-order chi connectivity index (χ0) is 12.8. The number of fused-ring (bicyclic) bond motifs is 2. The highest BCUT2D eigenvalue weighted by Gasteiger charge is 2.23. The molecule has 0 saturated heterocycles. The van der Waals surface area contributed by atoms with E-state index in [-0.39, 0.29) is 0 Å². The molecule has 0 spiro atoms. The largest absolute Gasteiger partial charge is 0.318 e. The SMILES string of the molecule is CCN1Cc2ccc3ccnnc3c3ccc(c2-3)N1. The first-order valence-corrected chi connectivity index (χ1v) is 6.54. The molecule has 4 nitrogen and oxygen atoms in total. The molecular weight excluding hydrogens is 236 g/mol. The van der Waals surface area contributed by atoms with Crippen LogP contribution in [0.1, 0.15) is 12.5 Å². The fourth-order valence-corrected chi connectivity index (χ4v) is 2.81. The van der Waals surface area contributed by atoms with Crippen LogP contribution in [0.2, 0.25) is 0 Å². The first kappa shape index (κ1) is 10.7. The van der Waals surface area contributed by atoms with E-state index in [0.29, 0.717) is 0 Å². The average molecular weight is 250 g/mol. The lowest BCUT2D eigenvalue weighted by molar-refractivity contribution is 0.335. The van der Waals surface area contributed by atoms with E-state index in [2.05, 4.69) is 51.8 Å². The van der Waals surface area contributed by atoms with Gasteiger partial charge in [-0.15, -0.1) is 5.10 Å². The van der Waals surface area contributed by atoms with Crippen molar-refractivity contribution in [2.75, 3.05) is 12.0 Å². The lowest BCUT2D eigenvalue weighted by Gasteiger charge is -2.28. The number of nitrogens with zero attached hydrogens (tertiary/aromatic N) is 3. The van der Waals surface area contributed by atoms with Crippen LogP contribution in [-0.4, -0.2) is 21.8 Å². The molecule has 19 heavy (non-hydrogen) atoms. The summed E-state index contributed by atoms with van der Waals surface area (Å²) in [5.74, 6) is 0. The normalized spacial score (nSPS) is 14.8. The summed E-state index contributed by atoms with van der Waals surface area (Å²) in [5.41, 5.74) is 9.40. The van der Waals surface area contributed by atoms with Gasteiger partial charge >= 0.3 is 0 Å². The summed E-state index contributed by atoms with van der Waals surface area (Å²) < 4.78 is 0. The highest BCUT2D eigenvalue weighted by atomic mass is 15.5. The fourth-order valence-electron chi connectivity index (χ4n) is 2.81. The van der Waals surface area contributed by atoms with Gasteiger partial charge in [0.25, 0.3) is 0 Å². The lowest BCUT2D eigenvalue weighted by Crippen LogP contribution is -2.31. The van der Waals surface area contributed by atoms with E-state index in [1.807, 2.05) is 6.07 Å². The van der Waals surface area contributed by atoms with Crippen molar-refractivity contribution in [1.82, 2.24) is 15.2 Å². The Balaban J connectivity index is 2.05. The number of aromatic nitrogens is 2. The molecule has 0 atom stereocenters. The van der Waals surface area contributed by atoms with Crippen molar-refractivity contribution in [2.24, 2.45) is 0 Å². The predicted octanol–water partition coefficient (Wildman–Crippen LogP) is 2.90. The zero-order valence-corrected chi connectivity index (χ0v) is 10.7. The van der Waals surface area contributed by atoms with Crippen LogP contribution in [0.5, 0.6) is 0 Å². The summed E-state index contributed by atoms with van der Waals surface area (Å²) in [5, 5.41) is 11.7. The Kier molecular flexibility index (Phi) is 2.19. The molecule has 1 aromatic rings. The molecule has 4 heteroatoms. The van der Waals surface area contributed by atoms with E-state index in [9.17, 15) is 0 Å². The number of nitrogens with one attached hydrogen (secondary N) is 1. The molecule has 0 unspecified atom stereocenters. The first-order valence-electron chi connectivity index (χ1n) is 6.54. The highest BCUT2D eigenvalue weighted by molar-refractivity contribution is 6.00. The van der Waals surface area contributed by atoms with Gasteiger partial charge < -0.3 is 5.43 Å². The number of hydrogen-bond acceptors (Lipinski definition) is 4. The van der Waals surface area contributed by atoms with Crippen molar-refractivity contribution in [2.45, 2.75) is 13.5 Å². The van der Waals surface area contributed by atoms with Crippen LogP contribution in [0.3, 0.4) is 0 Å². The van der Waals surface area contributed by atoms with Gasteiger partial charge in [-0.25, -0.2) is 5.01 Å². The predicted molar refractivity (Wildman–Crippen MR) is 75.9 cm³/mol. The second kappa shape index (κ2) is 3.90. The zero-order valence-electron chi connectivity index (χ0n) is 10.7. The Morgan fingerprint density at radius 2 is 2.16 bits per heavy atom. The van der Waals surface area contributed by atoms with Gasteiger partial charge in [0.2, 0.25) is 0 Å². The van der Waals surface area contributed by atoms with E-state index in [0.717, 1.165) is 24.0 Å². The van der Waals surface area contributed by atoms with Crippen molar-refractivity contribution in [3.8, 4) is 11.1 Å². The first-order chi connectivity index (χ1) is 9.36. The molecule has 2 aliphatic carbocycles. The van der Waals surface area contributed by atoms with E-state index in [4.69, 9.17) is 0 Å². The summed E-state index contributed by atoms with van der Waals surface area (Å²) in [4.78, 5) is 0. The van der Waals surface area contributed by atoms with E-state index < -0.39 is 0 Å². The molecule has 4 rings (SSSR count). The summed E-state index contributed by atoms with van der Waals surface area (Å²) in [6.07, 6.45) is 1.74. The maximum absolute atomic E-state index is 4.31. The maximum Gasteiger partial charge on any atom is 0.101 e. The molecule has 0 fully saturated rings. The third-order valence-corrected chi connectivity index (χ3v) is 3.77. The Morgan fingerprint density at radius 3 is 3.05 bits per heavy atom. The third kappa shape index (κ3) is 1.50. The van der Waals surface area contributed by atoms with Crippen LogP contribution < -0.4 is 5.43 Å². The molecule has 1 N–H and O–H groups in total. The van der Waals surface area contributed by atoms with Gasteiger partial charge in [0.15, 0.2) is 0 Å². The van der Waals surface area contributed by atoms with Crippen molar-refractivity contribution < 1.29 is 0 Å². The molecule has 0 radical (unpaired) electrons. The Hall–Kier alpha value is -2.20. The second-order valence-electron chi connectivity index (χ2n) is 4.86. The van der Waals surface area contributed by atoms with Crippen LogP contribution in [0.25, 0.3) is 22.0 Å². The van der Waals surface area contributed by atoms with Crippen LogP contribution in [0.4, 0.5) is 5.69 Å². The maximum atomic E-state index is 4.31. The quantitative estimate of drug-likeness (QED) is 0.721. The van der Waals surface area contributed by atoms with Gasteiger partial charge in [0, 0.05) is 29.6 Å². The second-order valence-corrected chi connectivity index (χ2v) is 4.86. The third-order valence-electron chi connectivity index (χ3n) is 3.77. The smallest absolute Gasteiger partial charge is 0.101 e. The van der Waals surface area contributed by atoms with E-state index >= 15 is 0 Å². The van der Waals surface area contributed by atoms with Gasteiger partial charge in [-0.05, 0) is 23.8 Å². The highest BCUT2D eigenvalue weighted by Crippen LogP contribution is 2.41. The minimum atomic E-state index is 0.915. The van der Waals surface area contributed by atoms with Crippen LogP contribution in [0.15, 0.2) is 36.5 Å². The van der Waals surface area contributed by atoms with Crippen molar-refractivity contribution >= 4 is 16.6 Å². The average Bonchev–Trinajstić information content (AvgIpc) is 2.81.